The van der Waals surface area contributed by atoms with Gasteiger partial charge in [0.25, 0.3) is 0 Å². The van der Waals surface area contributed by atoms with Gasteiger partial charge in [-0.05, 0) is 25.2 Å². The van der Waals surface area contributed by atoms with Crippen LogP contribution in [0.5, 0.6) is 0 Å². The van der Waals surface area contributed by atoms with Crippen molar-refractivity contribution < 1.29 is 4.74 Å². The summed E-state index contributed by atoms with van der Waals surface area (Å²) in [6.07, 6.45) is 0. The zero-order chi connectivity index (χ0) is 15.6. The van der Waals surface area contributed by atoms with E-state index in [1.807, 2.05) is 30.0 Å². The van der Waals surface area contributed by atoms with E-state index in [-0.39, 0.29) is 0 Å². The summed E-state index contributed by atoms with van der Waals surface area (Å²) in [7, 11) is 0. The third-order valence-electron chi connectivity index (χ3n) is 3.80. The van der Waals surface area contributed by atoms with Gasteiger partial charge in [0.15, 0.2) is 5.17 Å². The van der Waals surface area contributed by atoms with Gasteiger partial charge in [-0.2, -0.15) is 0 Å². The number of nitrogens with zero attached hydrogens (tertiary/aromatic N) is 3. The molecule has 0 amide bonds. The molecule has 1 aliphatic rings. The Morgan fingerprint density at radius 3 is 2.50 bits per heavy atom. The van der Waals surface area contributed by atoms with E-state index in [0.29, 0.717) is 0 Å². The first-order valence-corrected chi connectivity index (χ1v) is 9.13. The van der Waals surface area contributed by atoms with Crippen LogP contribution in [0.3, 0.4) is 0 Å². The number of hydrogen-bond acceptors (Lipinski definition) is 4. The van der Waals surface area contributed by atoms with Crippen LogP contribution in [-0.4, -0.2) is 66.7 Å². The Kier molecular flexibility index (Phi) is 7.77. The van der Waals surface area contributed by atoms with Crippen LogP contribution in [0.25, 0.3) is 0 Å². The number of rotatable bonds is 6. The first-order valence-electron chi connectivity index (χ1n) is 8.15. The van der Waals surface area contributed by atoms with E-state index in [1.54, 1.807) is 0 Å². The second-order valence-electron chi connectivity index (χ2n) is 5.20. The highest BCUT2D eigenvalue weighted by molar-refractivity contribution is 8.13. The van der Waals surface area contributed by atoms with Crippen molar-refractivity contribution in [3.8, 4) is 0 Å². The molecule has 1 heterocycles. The highest BCUT2D eigenvalue weighted by Gasteiger charge is 2.16. The number of para-hydroxylation sites is 1. The Morgan fingerprint density at radius 2 is 1.86 bits per heavy atom. The van der Waals surface area contributed by atoms with Crippen LogP contribution in [0.1, 0.15) is 13.8 Å². The number of ether oxygens (including phenoxy) is 1. The highest BCUT2D eigenvalue weighted by Crippen LogP contribution is 2.18. The largest absolute Gasteiger partial charge is 0.378 e. The van der Waals surface area contributed by atoms with Crippen LogP contribution in [0.2, 0.25) is 0 Å². The fourth-order valence-electron chi connectivity index (χ4n) is 2.37. The number of morpholine rings is 1. The average molecular weight is 321 g/mol. The minimum atomic E-state index is 0.796. The van der Waals surface area contributed by atoms with Crippen LogP contribution in [-0.2, 0) is 4.74 Å². The van der Waals surface area contributed by atoms with Crippen molar-refractivity contribution >= 4 is 22.6 Å². The normalized spacial score (nSPS) is 16.3. The van der Waals surface area contributed by atoms with Crippen LogP contribution in [0.4, 0.5) is 5.69 Å². The van der Waals surface area contributed by atoms with E-state index >= 15 is 0 Å². The third kappa shape index (κ3) is 5.63. The lowest BCUT2D eigenvalue weighted by Crippen LogP contribution is -2.39. The molecule has 1 aromatic carbocycles. The van der Waals surface area contributed by atoms with Gasteiger partial charge >= 0.3 is 0 Å². The van der Waals surface area contributed by atoms with Crippen molar-refractivity contribution in [3.05, 3.63) is 30.3 Å². The van der Waals surface area contributed by atoms with Crippen LogP contribution in [0, 0.1) is 0 Å². The standard InChI is InChI=1S/C17H27N3OS/c1-3-19(4-2)12-15-22-17(20-10-13-21-14-11-20)18-16-8-6-5-7-9-16/h5-9H,3-4,10-15H2,1-2H3. The summed E-state index contributed by atoms with van der Waals surface area (Å²) in [6, 6.07) is 10.2. The fourth-order valence-corrected chi connectivity index (χ4v) is 3.43. The third-order valence-corrected chi connectivity index (χ3v) is 4.79. The highest BCUT2D eigenvalue weighted by atomic mass is 32.2. The maximum Gasteiger partial charge on any atom is 0.164 e. The van der Waals surface area contributed by atoms with E-state index in [0.717, 1.165) is 62.5 Å². The molecule has 4 nitrogen and oxygen atoms in total. The first-order chi connectivity index (χ1) is 10.8. The molecule has 0 N–H and O–H groups in total. The molecule has 0 spiro atoms. The molecule has 5 heteroatoms. The van der Waals surface area contributed by atoms with Crippen LogP contribution in [0.15, 0.2) is 35.3 Å². The Bertz CT molecular complexity index is 442. The molecule has 0 bridgehead atoms. The van der Waals surface area contributed by atoms with E-state index in [9.17, 15) is 0 Å². The van der Waals surface area contributed by atoms with E-state index in [2.05, 4.69) is 35.8 Å². The smallest absolute Gasteiger partial charge is 0.164 e. The number of thioether (sulfide) groups is 1. The number of amidine groups is 1. The van der Waals surface area contributed by atoms with Gasteiger partial charge in [0.2, 0.25) is 0 Å². The minimum absolute atomic E-state index is 0.796. The van der Waals surface area contributed by atoms with Crippen LogP contribution >= 0.6 is 11.8 Å². The fraction of sp³-hybridized carbons (Fsp3) is 0.588. The molecule has 0 atom stereocenters. The summed E-state index contributed by atoms with van der Waals surface area (Å²) in [6.45, 7) is 11.2. The topological polar surface area (TPSA) is 28.1 Å². The van der Waals surface area contributed by atoms with Crippen molar-refractivity contribution in [2.75, 3.05) is 51.7 Å². The van der Waals surface area contributed by atoms with Gasteiger partial charge in [0, 0.05) is 25.4 Å². The van der Waals surface area contributed by atoms with Gasteiger partial charge < -0.3 is 14.5 Å². The molecule has 1 aliphatic heterocycles. The summed E-state index contributed by atoms with van der Waals surface area (Å²) in [5.41, 5.74) is 1.03. The van der Waals surface area contributed by atoms with Crippen LogP contribution < -0.4 is 0 Å². The molecule has 0 unspecified atom stereocenters. The molecule has 1 aromatic rings. The average Bonchev–Trinajstić information content (AvgIpc) is 2.59. The predicted octanol–water partition coefficient (Wildman–Crippen LogP) is 3.08. The van der Waals surface area contributed by atoms with Crippen molar-refractivity contribution in [1.82, 2.24) is 9.80 Å². The van der Waals surface area contributed by atoms with Gasteiger partial charge in [-0.1, -0.05) is 43.8 Å². The summed E-state index contributed by atoms with van der Waals surface area (Å²) in [5.74, 6) is 1.07. The summed E-state index contributed by atoms with van der Waals surface area (Å²) < 4.78 is 5.46. The first kappa shape index (κ1) is 17.3. The molecular weight excluding hydrogens is 294 g/mol. The second kappa shape index (κ2) is 9.87. The Labute approximate surface area is 138 Å². The Hall–Kier alpha value is -1.04. The molecule has 0 aliphatic carbocycles. The predicted molar refractivity (Wildman–Crippen MR) is 96.2 cm³/mol. The van der Waals surface area contributed by atoms with Gasteiger partial charge in [0.1, 0.15) is 0 Å². The summed E-state index contributed by atoms with van der Waals surface area (Å²) in [4.78, 5) is 9.66. The SMILES string of the molecule is CCN(CC)CCSC(=Nc1ccccc1)N1CCOCC1. The van der Waals surface area contributed by atoms with E-state index in [4.69, 9.17) is 9.73 Å². The molecule has 1 saturated heterocycles. The van der Waals surface area contributed by atoms with E-state index < -0.39 is 0 Å². The van der Waals surface area contributed by atoms with Crippen molar-refractivity contribution in [2.24, 2.45) is 4.99 Å². The van der Waals surface area contributed by atoms with Crippen molar-refractivity contribution in [1.29, 1.82) is 0 Å². The lowest BCUT2D eigenvalue weighted by molar-refractivity contribution is 0.0693. The zero-order valence-corrected chi connectivity index (χ0v) is 14.5. The maximum absolute atomic E-state index is 5.46. The quantitative estimate of drug-likeness (QED) is 0.594. The van der Waals surface area contributed by atoms with Crippen molar-refractivity contribution in [2.45, 2.75) is 13.8 Å². The molecule has 2 rings (SSSR count). The second-order valence-corrected chi connectivity index (χ2v) is 6.27. The molecule has 0 radical (unpaired) electrons. The Morgan fingerprint density at radius 1 is 1.18 bits per heavy atom. The molecular formula is C17H27N3OS. The Balaban J connectivity index is 2.00. The van der Waals surface area contributed by atoms with Crippen molar-refractivity contribution in [3.63, 3.8) is 0 Å². The van der Waals surface area contributed by atoms with E-state index in [1.165, 1.54) is 0 Å². The number of aliphatic imine (C=N–C) groups is 1. The molecule has 122 valence electrons. The minimum Gasteiger partial charge on any atom is -0.378 e. The molecule has 22 heavy (non-hydrogen) atoms. The van der Waals surface area contributed by atoms with Gasteiger partial charge in [-0.15, -0.1) is 0 Å². The molecule has 0 saturated carbocycles. The molecule has 1 fully saturated rings. The number of benzene rings is 1. The molecule has 0 aromatic heterocycles. The van der Waals surface area contributed by atoms with Gasteiger partial charge in [-0.3, -0.25) is 0 Å². The monoisotopic (exact) mass is 321 g/mol. The zero-order valence-electron chi connectivity index (χ0n) is 13.7. The summed E-state index contributed by atoms with van der Waals surface area (Å²) in [5, 5.41) is 1.13. The lowest BCUT2D eigenvalue weighted by Gasteiger charge is -2.29. The maximum atomic E-state index is 5.46. The summed E-state index contributed by atoms with van der Waals surface area (Å²) >= 11 is 1.86. The number of hydrogen-bond donors (Lipinski definition) is 0. The van der Waals surface area contributed by atoms with Gasteiger partial charge in [-0.25, -0.2) is 4.99 Å². The van der Waals surface area contributed by atoms with Gasteiger partial charge in [0.05, 0.1) is 18.9 Å². The lowest BCUT2D eigenvalue weighted by atomic mass is 10.3.